The van der Waals surface area contributed by atoms with Crippen molar-refractivity contribution in [1.29, 1.82) is 0 Å². The van der Waals surface area contributed by atoms with E-state index in [2.05, 4.69) is 72.3 Å². The number of para-hydroxylation sites is 1. The van der Waals surface area contributed by atoms with E-state index in [0.717, 1.165) is 29.4 Å². The van der Waals surface area contributed by atoms with Gasteiger partial charge in [0.2, 0.25) is 0 Å². The third-order valence-electron chi connectivity index (χ3n) is 6.29. The molecule has 5 rings (SSSR count). The molecule has 0 bridgehead atoms. The van der Waals surface area contributed by atoms with Gasteiger partial charge in [-0.1, -0.05) is 66.7 Å². The molecule has 1 heterocycles. The van der Waals surface area contributed by atoms with Crippen LogP contribution in [-0.2, 0) is 19.9 Å². The summed E-state index contributed by atoms with van der Waals surface area (Å²) in [6.45, 7) is 0. The molecule has 2 heteroatoms. The van der Waals surface area contributed by atoms with Crippen molar-refractivity contribution >= 4 is 10.9 Å². The summed E-state index contributed by atoms with van der Waals surface area (Å²) in [4.78, 5) is 12.9. The topological polar surface area (TPSA) is 22.0 Å². The molecule has 0 saturated heterocycles. The lowest BCUT2D eigenvalue weighted by molar-refractivity contribution is 0.479. The molecule has 28 heavy (non-hydrogen) atoms. The summed E-state index contributed by atoms with van der Waals surface area (Å²) in [7, 11) is 2.10. The second-order valence-electron chi connectivity index (χ2n) is 7.81. The predicted octanol–water partition coefficient (Wildman–Crippen LogP) is 5.20. The van der Waals surface area contributed by atoms with E-state index in [-0.39, 0.29) is 11.3 Å². The van der Waals surface area contributed by atoms with Gasteiger partial charge in [0.15, 0.2) is 5.43 Å². The number of rotatable bonds is 2. The minimum atomic E-state index is 0.120. The van der Waals surface area contributed by atoms with Gasteiger partial charge in [-0.15, -0.1) is 0 Å². The number of aryl methyl sites for hydroxylation is 1. The lowest BCUT2D eigenvalue weighted by Gasteiger charge is -2.35. The number of hydrogen-bond acceptors (Lipinski definition) is 1. The fraction of sp³-hybridized carbons (Fsp3) is 0.192. The van der Waals surface area contributed by atoms with Crippen LogP contribution >= 0.6 is 0 Å². The zero-order valence-corrected chi connectivity index (χ0v) is 16.0. The molecule has 2 atom stereocenters. The summed E-state index contributed by atoms with van der Waals surface area (Å²) >= 11 is 0. The molecule has 0 spiro atoms. The van der Waals surface area contributed by atoms with Crippen LogP contribution in [0.4, 0.5) is 0 Å². The molecule has 0 aliphatic heterocycles. The van der Waals surface area contributed by atoms with Crippen LogP contribution in [0.2, 0.25) is 0 Å². The zero-order valence-electron chi connectivity index (χ0n) is 16.0. The maximum absolute atomic E-state index is 12.9. The smallest absolute Gasteiger partial charge is 0.189 e. The molecule has 0 N–H and O–H groups in total. The van der Waals surface area contributed by atoms with Crippen LogP contribution in [0, 0.1) is 0 Å². The van der Waals surface area contributed by atoms with Crippen LogP contribution in [0.1, 0.15) is 34.2 Å². The van der Waals surface area contributed by atoms with Gasteiger partial charge >= 0.3 is 0 Å². The molecule has 1 aliphatic rings. The van der Waals surface area contributed by atoms with Gasteiger partial charge in [-0.25, -0.2) is 0 Å². The van der Waals surface area contributed by atoms with Crippen LogP contribution in [-0.4, -0.2) is 4.57 Å². The first-order chi connectivity index (χ1) is 13.7. The Morgan fingerprint density at radius 2 is 1.36 bits per heavy atom. The fourth-order valence-electron chi connectivity index (χ4n) is 4.85. The molecule has 1 aromatic heterocycles. The first-order valence-corrected chi connectivity index (χ1v) is 9.93. The van der Waals surface area contributed by atoms with Gasteiger partial charge in [0, 0.05) is 30.1 Å². The van der Waals surface area contributed by atoms with Gasteiger partial charge in [-0.2, -0.15) is 0 Å². The molecule has 0 radical (unpaired) electrons. The van der Waals surface area contributed by atoms with Crippen LogP contribution in [0.5, 0.6) is 0 Å². The van der Waals surface area contributed by atoms with Gasteiger partial charge in [0.25, 0.3) is 0 Å². The number of aromatic nitrogens is 1. The molecule has 0 fully saturated rings. The van der Waals surface area contributed by atoms with Crippen molar-refractivity contribution in [3.63, 3.8) is 0 Å². The Balaban J connectivity index is 1.71. The van der Waals surface area contributed by atoms with Crippen LogP contribution in [0.25, 0.3) is 10.9 Å². The molecule has 0 unspecified atom stereocenters. The zero-order chi connectivity index (χ0) is 19.1. The van der Waals surface area contributed by atoms with Gasteiger partial charge in [0.1, 0.15) is 0 Å². The summed E-state index contributed by atoms with van der Waals surface area (Å²) in [5, 5.41) is 0.793. The van der Waals surface area contributed by atoms with Crippen LogP contribution < -0.4 is 5.43 Å². The van der Waals surface area contributed by atoms with Crippen molar-refractivity contribution in [2.75, 3.05) is 0 Å². The van der Waals surface area contributed by atoms with Gasteiger partial charge < -0.3 is 4.57 Å². The first-order valence-electron chi connectivity index (χ1n) is 9.93. The Hall–Kier alpha value is -3.13. The summed E-state index contributed by atoms with van der Waals surface area (Å²) in [6, 6.07) is 29.3. The Kier molecular flexibility index (Phi) is 4.12. The molecule has 0 amide bonds. The minimum Gasteiger partial charge on any atom is -0.347 e. The second-order valence-corrected chi connectivity index (χ2v) is 7.81. The van der Waals surface area contributed by atoms with E-state index >= 15 is 0 Å². The lowest BCUT2D eigenvalue weighted by Crippen LogP contribution is -2.26. The van der Waals surface area contributed by atoms with Gasteiger partial charge in [-0.05, 0) is 47.6 Å². The summed E-state index contributed by atoms with van der Waals surface area (Å²) in [5.74, 6) is 0.641. The monoisotopic (exact) mass is 365 g/mol. The van der Waals surface area contributed by atoms with E-state index in [4.69, 9.17) is 0 Å². The van der Waals surface area contributed by atoms with Crippen LogP contribution in [0.15, 0.2) is 89.7 Å². The van der Waals surface area contributed by atoms with Crippen molar-refractivity contribution in [2.45, 2.75) is 24.7 Å². The molecule has 3 aromatic carbocycles. The molecular weight excluding hydrogens is 342 g/mol. The van der Waals surface area contributed by atoms with Crippen molar-refractivity contribution < 1.29 is 0 Å². The lowest BCUT2D eigenvalue weighted by atomic mass is 9.71. The highest BCUT2D eigenvalue weighted by molar-refractivity contribution is 5.79. The molecule has 4 aromatic rings. The molecular formula is C26H23NO. The molecule has 2 nitrogen and oxygen atoms in total. The van der Waals surface area contributed by atoms with Crippen LogP contribution in [0.3, 0.4) is 0 Å². The Morgan fingerprint density at radius 3 is 2.11 bits per heavy atom. The highest BCUT2D eigenvalue weighted by Gasteiger charge is 2.32. The Morgan fingerprint density at radius 1 is 0.750 bits per heavy atom. The minimum absolute atomic E-state index is 0.120. The maximum atomic E-state index is 12.9. The first kappa shape index (κ1) is 17.0. The molecule has 0 saturated carbocycles. The van der Waals surface area contributed by atoms with Crippen molar-refractivity contribution in [3.05, 3.63) is 118 Å². The highest BCUT2D eigenvalue weighted by Crippen LogP contribution is 2.42. The number of nitrogens with zero attached hydrogens (tertiary/aromatic N) is 1. The number of hydrogen-bond donors (Lipinski definition) is 0. The van der Waals surface area contributed by atoms with E-state index in [1.165, 1.54) is 16.7 Å². The maximum Gasteiger partial charge on any atom is 0.189 e. The van der Waals surface area contributed by atoms with Gasteiger partial charge in [-0.3, -0.25) is 4.79 Å². The highest BCUT2D eigenvalue weighted by atomic mass is 16.1. The molecule has 1 aliphatic carbocycles. The predicted molar refractivity (Wildman–Crippen MR) is 115 cm³/mol. The fourth-order valence-corrected chi connectivity index (χ4v) is 4.85. The van der Waals surface area contributed by atoms with Crippen molar-refractivity contribution in [2.24, 2.45) is 7.05 Å². The number of fused-ring (bicyclic) bond motifs is 2. The van der Waals surface area contributed by atoms with E-state index in [0.29, 0.717) is 5.92 Å². The average molecular weight is 365 g/mol. The average Bonchev–Trinajstić information content (AvgIpc) is 2.76. The van der Waals surface area contributed by atoms with Crippen molar-refractivity contribution in [3.8, 4) is 0 Å². The quantitative estimate of drug-likeness (QED) is 0.478. The SMILES string of the molecule is Cn1c([C@@H]2Cc3ccccc3C[C@H]2c2ccccc2)cc(=O)c2ccccc21. The normalized spacial score (nSPS) is 18.8. The third-order valence-corrected chi connectivity index (χ3v) is 6.29. The summed E-state index contributed by atoms with van der Waals surface area (Å²) in [5.41, 5.74) is 6.44. The van der Waals surface area contributed by atoms with Crippen molar-refractivity contribution in [1.82, 2.24) is 4.57 Å². The Labute approximate surface area is 165 Å². The van der Waals surface area contributed by atoms with Gasteiger partial charge in [0.05, 0.1) is 5.52 Å². The summed E-state index contributed by atoms with van der Waals surface area (Å²) in [6.07, 6.45) is 1.97. The number of pyridine rings is 1. The number of benzene rings is 3. The summed E-state index contributed by atoms with van der Waals surface area (Å²) < 4.78 is 2.23. The molecule has 138 valence electrons. The second kappa shape index (κ2) is 6.79. The standard InChI is InChI=1S/C26H23NO/c1-27-24-14-8-7-13-21(24)26(28)17-25(27)23-16-20-12-6-5-11-19(20)15-22(23)18-9-3-2-4-10-18/h2-14,17,22-23H,15-16H2,1H3/t22-,23+/m0/s1. The van der Waals surface area contributed by atoms with E-state index in [1.54, 1.807) is 0 Å². The Bertz CT molecular complexity index is 1210. The largest absolute Gasteiger partial charge is 0.347 e. The van der Waals surface area contributed by atoms with E-state index in [1.807, 2.05) is 24.3 Å². The third kappa shape index (κ3) is 2.77. The van der Waals surface area contributed by atoms with E-state index < -0.39 is 0 Å². The van der Waals surface area contributed by atoms with E-state index in [9.17, 15) is 4.79 Å².